The van der Waals surface area contributed by atoms with E-state index < -0.39 is 5.91 Å². The van der Waals surface area contributed by atoms with Crippen molar-refractivity contribution >= 4 is 45.0 Å². The van der Waals surface area contributed by atoms with Gasteiger partial charge in [-0.15, -0.1) is 0 Å². The van der Waals surface area contributed by atoms with Gasteiger partial charge in [-0.3, -0.25) is 14.9 Å². The van der Waals surface area contributed by atoms with Crippen LogP contribution in [0, 0.1) is 0 Å². The number of halogens is 3. The van der Waals surface area contributed by atoms with Crippen molar-refractivity contribution in [3.8, 4) is 11.3 Å². The number of aromatic nitrogens is 2. The van der Waals surface area contributed by atoms with Crippen molar-refractivity contribution in [2.75, 3.05) is 0 Å². The van der Waals surface area contributed by atoms with Crippen LogP contribution < -0.4 is 11.3 Å². The van der Waals surface area contributed by atoms with Crippen molar-refractivity contribution in [3.63, 3.8) is 0 Å². The molecule has 128 valence electrons. The van der Waals surface area contributed by atoms with Gasteiger partial charge in [0.2, 0.25) is 0 Å². The van der Waals surface area contributed by atoms with Crippen LogP contribution in [-0.2, 0) is 6.54 Å². The highest BCUT2D eigenvalue weighted by Crippen LogP contribution is 2.26. The number of rotatable bonds is 4. The highest BCUT2D eigenvalue weighted by atomic mass is 79.9. The summed E-state index contributed by atoms with van der Waals surface area (Å²) in [4.78, 5) is 11.9. The Morgan fingerprint density at radius 2 is 1.88 bits per heavy atom. The van der Waals surface area contributed by atoms with Crippen LogP contribution in [0.5, 0.6) is 0 Å². The normalized spacial score (nSPS) is 10.7. The quantitative estimate of drug-likeness (QED) is 0.362. The Balaban J connectivity index is 2.05. The molecule has 1 aromatic heterocycles. The number of benzene rings is 2. The topological polar surface area (TPSA) is 72.9 Å². The Morgan fingerprint density at radius 1 is 1.16 bits per heavy atom. The van der Waals surface area contributed by atoms with E-state index in [0.29, 0.717) is 16.6 Å². The molecule has 0 unspecified atom stereocenters. The minimum absolute atomic E-state index is 0.227. The number of carbonyl (C=O) groups excluding carboxylic acids is 1. The highest BCUT2D eigenvalue weighted by Gasteiger charge is 2.16. The van der Waals surface area contributed by atoms with Gasteiger partial charge in [0, 0.05) is 14.5 Å². The molecule has 5 nitrogen and oxygen atoms in total. The predicted octanol–water partition coefficient (Wildman–Crippen LogP) is 4.27. The van der Waals surface area contributed by atoms with Gasteiger partial charge in [0.1, 0.15) is 0 Å². The summed E-state index contributed by atoms with van der Waals surface area (Å²) < 4.78 is 2.67. The smallest absolute Gasteiger partial charge is 0.285 e. The molecule has 0 aliphatic rings. The second-order valence-corrected chi connectivity index (χ2v) is 7.05. The standard InChI is InChI=1S/C17H13BrCl2N4O/c18-12-4-1-10(2-5-12)16-8-15(17(25)22-21)23-24(16)9-11-3-6-13(19)7-14(11)20/h1-8H,9,21H2,(H,22,25). The van der Waals surface area contributed by atoms with Gasteiger partial charge in [0.25, 0.3) is 5.91 Å². The number of nitrogens with two attached hydrogens (primary N) is 1. The molecule has 0 spiro atoms. The van der Waals surface area contributed by atoms with Gasteiger partial charge >= 0.3 is 0 Å². The van der Waals surface area contributed by atoms with Gasteiger partial charge in [-0.2, -0.15) is 5.10 Å². The first kappa shape index (κ1) is 17.9. The lowest BCUT2D eigenvalue weighted by molar-refractivity contribution is 0.0948. The summed E-state index contributed by atoms with van der Waals surface area (Å²) in [7, 11) is 0. The molecule has 0 saturated heterocycles. The number of carbonyl (C=O) groups is 1. The first-order valence-electron chi connectivity index (χ1n) is 7.26. The van der Waals surface area contributed by atoms with Gasteiger partial charge < -0.3 is 0 Å². The number of nitrogens with zero attached hydrogens (tertiary/aromatic N) is 2. The van der Waals surface area contributed by atoms with Gasteiger partial charge in [-0.05, 0) is 41.5 Å². The van der Waals surface area contributed by atoms with Crippen LogP contribution >= 0.6 is 39.1 Å². The van der Waals surface area contributed by atoms with Gasteiger partial charge in [0.05, 0.1) is 12.2 Å². The zero-order chi connectivity index (χ0) is 18.0. The SMILES string of the molecule is NNC(=O)c1cc(-c2ccc(Br)cc2)n(Cc2ccc(Cl)cc2Cl)n1. The average Bonchev–Trinajstić information content (AvgIpc) is 3.01. The van der Waals surface area contributed by atoms with E-state index in [0.717, 1.165) is 21.3 Å². The van der Waals surface area contributed by atoms with Crippen LogP contribution in [-0.4, -0.2) is 15.7 Å². The molecular weight excluding hydrogens is 427 g/mol. The van der Waals surface area contributed by atoms with Crippen LogP contribution in [0.3, 0.4) is 0 Å². The summed E-state index contributed by atoms with van der Waals surface area (Å²) in [6.45, 7) is 0.388. The Bertz CT molecular complexity index is 925. The van der Waals surface area contributed by atoms with Crippen molar-refractivity contribution in [1.82, 2.24) is 15.2 Å². The van der Waals surface area contributed by atoms with Crippen LogP contribution in [0.2, 0.25) is 10.0 Å². The minimum Gasteiger partial charge on any atom is -0.289 e. The van der Waals surface area contributed by atoms with E-state index in [2.05, 4.69) is 26.5 Å². The van der Waals surface area contributed by atoms with Crippen LogP contribution in [0.25, 0.3) is 11.3 Å². The fourth-order valence-corrected chi connectivity index (χ4v) is 3.12. The monoisotopic (exact) mass is 438 g/mol. The molecule has 0 fully saturated rings. The number of amides is 1. The van der Waals surface area contributed by atoms with E-state index in [-0.39, 0.29) is 5.69 Å². The molecule has 0 radical (unpaired) electrons. The molecule has 1 amide bonds. The second kappa shape index (κ2) is 7.58. The first-order chi connectivity index (χ1) is 12.0. The molecule has 0 saturated carbocycles. The van der Waals surface area contributed by atoms with E-state index in [1.54, 1.807) is 22.9 Å². The Morgan fingerprint density at radius 3 is 2.52 bits per heavy atom. The van der Waals surface area contributed by atoms with E-state index in [4.69, 9.17) is 29.0 Å². The molecule has 2 aromatic carbocycles. The minimum atomic E-state index is -0.459. The number of hydrogen-bond acceptors (Lipinski definition) is 3. The molecule has 25 heavy (non-hydrogen) atoms. The van der Waals surface area contributed by atoms with E-state index >= 15 is 0 Å². The Hall–Kier alpha value is -1.86. The third-order valence-electron chi connectivity index (χ3n) is 3.62. The van der Waals surface area contributed by atoms with Gasteiger partial charge in [-0.1, -0.05) is 57.3 Å². The third kappa shape index (κ3) is 4.04. The number of hydrazine groups is 1. The van der Waals surface area contributed by atoms with Gasteiger partial charge in [-0.25, -0.2) is 5.84 Å². The van der Waals surface area contributed by atoms with Crippen molar-refractivity contribution in [3.05, 3.63) is 74.3 Å². The van der Waals surface area contributed by atoms with Crippen molar-refractivity contribution < 1.29 is 4.79 Å². The van der Waals surface area contributed by atoms with Crippen molar-refractivity contribution in [2.24, 2.45) is 5.84 Å². The lowest BCUT2D eigenvalue weighted by Gasteiger charge is -2.09. The van der Waals surface area contributed by atoms with Crippen molar-refractivity contribution in [2.45, 2.75) is 6.54 Å². The van der Waals surface area contributed by atoms with E-state index in [9.17, 15) is 4.79 Å². The molecule has 0 aliphatic carbocycles. The van der Waals surface area contributed by atoms with E-state index in [1.807, 2.05) is 30.3 Å². The summed E-state index contributed by atoms with van der Waals surface area (Å²) >= 11 is 15.6. The van der Waals surface area contributed by atoms with E-state index in [1.165, 1.54) is 0 Å². The zero-order valence-electron chi connectivity index (χ0n) is 12.8. The zero-order valence-corrected chi connectivity index (χ0v) is 15.9. The van der Waals surface area contributed by atoms with Crippen LogP contribution in [0.15, 0.2) is 53.0 Å². The summed E-state index contributed by atoms with van der Waals surface area (Å²) in [6.07, 6.45) is 0. The summed E-state index contributed by atoms with van der Waals surface area (Å²) in [5.74, 6) is 4.77. The molecule has 3 rings (SSSR count). The highest BCUT2D eigenvalue weighted by molar-refractivity contribution is 9.10. The Labute approximate surface area is 162 Å². The maximum absolute atomic E-state index is 11.9. The Kier molecular flexibility index (Phi) is 5.44. The fourth-order valence-electron chi connectivity index (χ4n) is 2.39. The van der Waals surface area contributed by atoms with Crippen LogP contribution in [0.4, 0.5) is 0 Å². The third-order valence-corrected chi connectivity index (χ3v) is 4.73. The summed E-state index contributed by atoms with van der Waals surface area (Å²) in [5.41, 5.74) is 4.86. The predicted molar refractivity (Wildman–Crippen MR) is 103 cm³/mol. The molecule has 3 aromatic rings. The maximum atomic E-state index is 11.9. The molecule has 8 heteroatoms. The second-order valence-electron chi connectivity index (χ2n) is 5.29. The lowest BCUT2D eigenvalue weighted by atomic mass is 10.1. The first-order valence-corrected chi connectivity index (χ1v) is 8.81. The molecule has 0 atom stereocenters. The molecular formula is C17H13BrCl2N4O. The average molecular weight is 440 g/mol. The molecule has 1 heterocycles. The molecule has 3 N–H and O–H groups in total. The largest absolute Gasteiger partial charge is 0.289 e. The fraction of sp³-hybridized carbons (Fsp3) is 0.0588. The molecule has 0 bridgehead atoms. The maximum Gasteiger partial charge on any atom is 0.285 e. The summed E-state index contributed by atoms with van der Waals surface area (Å²) in [6, 6.07) is 14.7. The van der Waals surface area contributed by atoms with Crippen molar-refractivity contribution in [1.29, 1.82) is 0 Å². The molecule has 0 aliphatic heterocycles. The summed E-state index contributed by atoms with van der Waals surface area (Å²) in [5, 5.41) is 5.46. The van der Waals surface area contributed by atoms with Crippen LogP contribution in [0.1, 0.15) is 16.1 Å². The number of nitrogens with one attached hydrogen (secondary N) is 1. The van der Waals surface area contributed by atoms with Gasteiger partial charge in [0.15, 0.2) is 5.69 Å². The lowest BCUT2D eigenvalue weighted by Crippen LogP contribution is -2.30. The number of hydrogen-bond donors (Lipinski definition) is 2. The number of nitrogen functional groups attached to an aromatic ring is 1.